The van der Waals surface area contributed by atoms with Gasteiger partial charge in [0.15, 0.2) is 5.84 Å². The van der Waals surface area contributed by atoms with Gasteiger partial charge in [-0.05, 0) is 38.2 Å². The molecule has 1 saturated heterocycles. The van der Waals surface area contributed by atoms with Crippen LogP contribution in [0.3, 0.4) is 0 Å². The molecule has 0 aliphatic carbocycles. The van der Waals surface area contributed by atoms with Gasteiger partial charge in [-0.1, -0.05) is 11.2 Å². The van der Waals surface area contributed by atoms with Gasteiger partial charge in [0.1, 0.15) is 5.69 Å². The first-order chi connectivity index (χ1) is 10.0. The van der Waals surface area contributed by atoms with Crippen molar-refractivity contribution in [3.8, 4) is 0 Å². The summed E-state index contributed by atoms with van der Waals surface area (Å²) in [5.41, 5.74) is 7.10. The Bertz CT molecular complexity index is 554. The number of aromatic nitrogens is 1. The molecule has 0 radical (unpaired) electrons. The number of amidine groups is 1. The number of carbonyl (C=O) groups is 1. The number of amides is 1. The first kappa shape index (κ1) is 15.6. The summed E-state index contributed by atoms with van der Waals surface area (Å²) in [6, 6.07) is 5.43. The fourth-order valence-electron chi connectivity index (χ4n) is 2.55. The van der Waals surface area contributed by atoms with Gasteiger partial charge in [-0.25, -0.2) is 4.98 Å². The summed E-state index contributed by atoms with van der Waals surface area (Å²) in [4.78, 5) is 18.5. The number of rotatable bonds is 3. The maximum atomic E-state index is 12.4. The quantitative estimate of drug-likeness (QED) is 0.382. The molecule has 1 aliphatic rings. The van der Waals surface area contributed by atoms with Crippen LogP contribution in [-0.2, 0) is 0 Å². The van der Waals surface area contributed by atoms with E-state index in [9.17, 15) is 4.79 Å². The Labute approximate surface area is 128 Å². The number of oxime groups is 1. The van der Waals surface area contributed by atoms with Crippen molar-refractivity contribution in [1.82, 2.24) is 9.88 Å². The Hall–Kier alpha value is -1.76. The Morgan fingerprint density at radius 2 is 2.14 bits per heavy atom. The number of piperidine rings is 1. The molecule has 6 nitrogen and oxygen atoms in total. The van der Waals surface area contributed by atoms with Crippen LogP contribution in [0.25, 0.3) is 0 Å². The van der Waals surface area contributed by atoms with Crippen LogP contribution in [-0.4, -0.2) is 50.9 Å². The van der Waals surface area contributed by atoms with E-state index in [-0.39, 0.29) is 16.5 Å². The summed E-state index contributed by atoms with van der Waals surface area (Å²) in [5.74, 6) is 0.170. The number of aryl methyl sites for hydroxylation is 1. The van der Waals surface area contributed by atoms with Gasteiger partial charge in [0.25, 0.3) is 5.91 Å². The van der Waals surface area contributed by atoms with Crippen LogP contribution in [0, 0.1) is 6.92 Å². The van der Waals surface area contributed by atoms with Crippen LogP contribution in [0.4, 0.5) is 0 Å². The Morgan fingerprint density at radius 1 is 1.48 bits per heavy atom. The molecule has 1 aromatic rings. The van der Waals surface area contributed by atoms with Crippen molar-refractivity contribution < 1.29 is 10.0 Å². The topological polar surface area (TPSA) is 91.8 Å². The lowest BCUT2D eigenvalue weighted by molar-refractivity contribution is 0.0711. The van der Waals surface area contributed by atoms with E-state index in [0.717, 1.165) is 5.69 Å². The van der Waals surface area contributed by atoms with E-state index in [1.807, 2.05) is 25.3 Å². The molecule has 1 amide bonds. The second-order valence-electron chi connectivity index (χ2n) is 5.14. The summed E-state index contributed by atoms with van der Waals surface area (Å²) < 4.78 is -0.383. The number of hydrogen-bond acceptors (Lipinski definition) is 5. The SMILES string of the molecule is CSC1(C(N)=NO)CCN(C(=O)c2cccc(C)n2)CC1. The van der Waals surface area contributed by atoms with E-state index in [4.69, 9.17) is 10.9 Å². The van der Waals surface area contributed by atoms with Crippen molar-refractivity contribution in [3.63, 3.8) is 0 Å². The lowest BCUT2D eigenvalue weighted by Crippen LogP contribution is -2.51. The van der Waals surface area contributed by atoms with Gasteiger partial charge in [0.2, 0.25) is 0 Å². The lowest BCUT2D eigenvalue weighted by atomic mass is 9.94. The highest BCUT2D eigenvalue weighted by Gasteiger charge is 2.39. The summed E-state index contributed by atoms with van der Waals surface area (Å²) in [7, 11) is 0. The first-order valence-electron chi connectivity index (χ1n) is 6.78. The highest BCUT2D eigenvalue weighted by molar-refractivity contribution is 8.00. The number of hydrogen-bond donors (Lipinski definition) is 2. The van der Waals surface area contributed by atoms with Crippen molar-refractivity contribution in [1.29, 1.82) is 0 Å². The third kappa shape index (κ3) is 3.12. The molecule has 1 aliphatic heterocycles. The fraction of sp³-hybridized carbons (Fsp3) is 0.500. The Morgan fingerprint density at radius 3 is 2.67 bits per heavy atom. The lowest BCUT2D eigenvalue weighted by Gasteiger charge is -2.39. The molecule has 2 heterocycles. The third-order valence-corrected chi connectivity index (χ3v) is 5.33. The minimum Gasteiger partial charge on any atom is -0.409 e. The summed E-state index contributed by atoms with van der Waals surface area (Å²) in [6.07, 6.45) is 3.28. The van der Waals surface area contributed by atoms with Crippen LogP contribution >= 0.6 is 11.8 Å². The Balaban J connectivity index is 2.09. The van der Waals surface area contributed by atoms with Gasteiger partial charge in [-0.2, -0.15) is 11.8 Å². The van der Waals surface area contributed by atoms with E-state index in [1.54, 1.807) is 22.7 Å². The van der Waals surface area contributed by atoms with Crippen molar-refractivity contribution >= 4 is 23.5 Å². The minimum atomic E-state index is -0.383. The highest BCUT2D eigenvalue weighted by Crippen LogP contribution is 2.35. The zero-order valence-electron chi connectivity index (χ0n) is 12.2. The second-order valence-corrected chi connectivity index (χ2v) is 6.33. The third-order valence-electron chi connectivity index (χ3n) is 3.93. The molecule has 3 N–H and O–H groups in total. The molecule has 7 heteroatoms. The van der Waals surface area contributed by atoms with Crippen molar-refractivity contribution in [3.05, 3.63) is 29.6 Å². The molecular formula is C14H20N4O2S. The van der Waals surface area contributed by atoms with Crippen LogP contribution in [0.15, 0.2) is 23.4 Å². The summed E-state index contributed by atoms with van der Waals surface area (Å²) in [5, 5.41) is 12.1. The molecule has 114 valence electrons. The maximum Gasteiger partial charge on any atom is 0.272 e. The van der Waals surface area contributed by atoms with Gasteiger partial charge < -0.3 is 15.8 Å². The molecule has 1 fully saturated rings. The Kier molecular flexibility index (Phi) is 4.72. The average Bonchev–Trinajstić information content (AvgIpc) is 2.53. The zero-order valence-corrected chi connectivity index (χ0v) is 13.1. The largest absolute Gasteiger partial charge is 0.409 e. The van der Waals surface area contributed by atoms with Crippen LogP contribution < -0.4 is 5.73 Å². The van der Waals surface area contributed by atoms with Gasteiger partial charge in [-0.15, -0.1) is 0 Å². The molecule has 0 spiro atoms. The smallest absolute Gasteiger partial charge is 0.272 e. The number of pyridine rings is 1. The fourth-order valence-corrected chi connectivity index (χ4v) is 3.39. The van der Waals surface area contributed by atoms with Gasteiger partial charge >= 0.3 is 0 Å². The predicted octanol–water partition coefficient (Wildman–Crippen LogP) is 1.47. The van der Waals surface area contributed by atoms with Crippen molar-refractivity contribution in [2.75, 3.05) is 19.3 Å². The van der Waals surface area contributed by atoms with Crippen LogP contribution in [0.2, 0.25) is 0 Å². The number of nitrogens with two attached hydrogens (primary N) is 1. The molecule has 0 unspecified atom stereocenters. The van der Waals surface area contributed by atoms with Crippen LogP contribution in [0.5, 0.6) is 0 Å². The number of carbonyl (C=O) groups excluding carboxylic acids is 1. The minimum absolute atomic E-state index is 0.0621. The van der Waals surface area contributed by atoms with Gasteiger partial charge in [0, 0.05) is 18.8 Å². The highest BCUT2D eigenvalue weighted by atomic mass is 32.2. The molecule has 2 rings (SSSR count). The van der Waals surface area contributed by atoms with E-state index in [0.29, 0.717) is 31.6 Å². The standard InChI is InChI=1S/C14H20N4O2S/c1-10-4-3-5-11(16-10)12(19)18-8-6-14(21-2,7-9-18)13(15)17-20/h3-5,20H,6-9H2,1-2H3,(H2,15,17). The maximum absolute atomic E-state index is 12.4. The second kappa shape index (κ2) is 6.34. The first-order valence-corrected chi connectivity index (χ1v) is 8.01. The zero-order chi connectivity index (χ0) is 15.5. The van der Waals surface area contributed by atoms with E-state index >= 15 is 0 Å². The summed E-state index contributed by atoms with van der Waals surface area (Å²) >= 11 is 1.57. The van der Waals surface area contributed by atoms with Gasteiger partial charge in [-0.3, -0.25) is 4.79 Å². The number of nitrogens with zero attached hydrogens (tertiary/aromatic N) is 3. The normalized spacial score (nSPS) is 18.6. The van der Waals surface area contributed by atoms with Crippen molar-refractivity contribution in [2.45, 2.75) is 24.5 Å². The molecule has 0 bridgehead atoms. The molecule has 0 aromatic carbocycles. The molecule has 0 saturated carbocycles. The van der Waals surface area contributed by atoms with E-state index < -0.39 is 0 Å². The van der Waals surface area contributed by atoms with Crippen molar-refractivity contribution in [2.24, 2.45) is 10.9 Å². The van der Waals surface area contributed by atoms with Gasteiger partial charge in [0.05, 0.1) is 4.75 Å². The monoisotopic (exact) mass is 308 g/mol. The van der Waals surface area contributed by atoms with E-state index in [1.165, 1.54) is 0 Å². The van der Waals surface area contributed by atoms with Crippen LogP contribution in [0.1, 0.15) is 29.0 Å². The number of thioether (sulfide) groups is 1. The number of likely N-dealkylation sites (tertiary alicyclic amines) is 1. The molecule has 0 atom stereocenters. The predicted molar refractivity (Wildman–Crippen MR) is 83.8 cm³/mol. The summed E-state index contributed by atoms with van der Waals surface area (Å²) in [6.45, 7) is 3.02. The molecule has 1 aromatic heterocycles. The van der Waals surface area contributed by atoms with E-state index in [2.05, 4.69) is 10.1 Å². The molecule has 21 heavy (non-hydrogen) atoms. The molecular weight excluding hydrogens is 288 g/mol. The average molecular weight is 308 g/mol.